The van der Waals surface area contributed by atoms with Crippen LogP contribution < -0.4 is 11.1 Å². The normalized spacial score (nSPS) is 26.3. The summed E-state index contributed by atoms with van der Waals surface area (Å²) in [6.45, 7) is 1.84. The molecular formula is C15H20N2O4. The molecule has 1 heterocycles. The number of ether oxygens (including phenoxy) is 1. The third-order valence-corrected chi connectivity index (χ3v) is 3.90. The van der Waals surface area contributed by atoms with Crippen molar-refractivity contribution in [3.8, 4) is 0 Å². The lowest BCUT2D eigenvalue weighted by molar-refractivity contribution is -0.149. The Bertz CT molecular complexity index is 520. The number of benzene rings is 1. The molecule has 0 bridgehead atoms. The fraction of sp³-hybridized carbons (Fsp3) is 0.467. The summed E-state index contributed by atoms with van der Waals surface area (Å²) in [5.41, 5.74) is 5.74. The lowest BCUT2D eigenvalue weighted by atomic mass is 9.85. The summed E-state index contributed by atoms with van der Waals surface area (Å²) in [6, 6.07) is 8.16. The molecule has 6 heteroatoms. The van der Waals surface area contributed by atoms with Crippen molar-refractivity contribution < 1.29 is 19.4 Å². The van der Waals surface area contributed by atoms with E-state index in [9.17, 15) is 14.7 Å². The molecule has 1 fully saturated rings. The molecule has 1 aliphatic heterocycles. The summed E-state index contributed by atoms with van der Waals surface area (Å²) in [5, 5.41) is 12.0. The van der Waals surface area contributed by atoms with Crippen molar-refractivity contribution in [3.05, 3.63) is 35.9 Å². The minimum absolute atomic E-state index is 0.0845. The highest BCUT2D eigenvalue weighted by atomic mass is 16.5. The molecule has 1 aromatic rings. The molecule has 2 rings (SSSR count). The lowest BCUT2D eigenvalue weighted by Crippen LogP contribution is -2.54. The first kappa shape index (κ1) is 15.5. The number of amides is 1. The summed E-state index contributed by atoms with van der Waals surface area (Å²) in [5.74, 6) is -1.34. The average molecular weight is 292 g/mol. The van der Waals surface area contributed by atoms with E-state index >= 15 is 0 Å². The third-order valence-electron chi connectivity index (χ3n) is 3.90. The van der Waals surface area contributed by atoms with Gasteiger partial charge in [0.2, 0.25) is 5.91 Å². The molecule has 1 aromatic carbocycles. The van der Waals surface area contributed by atoms with Crippen molar-refractivity contribution >= 4 is 11.9 Å². The Morgan fingerprint density at radius 3 is 2.76 bits per heavy atom. The van der Waals surface area contributed by atoms with E-state index in [1.165, 1.54) is 0 Å². The van der Waals surface area contributed by atoms with Crippen LogP contribution in [0.3, 0.4) is 0 Å². The Morgan fingerprint density at radius 2 is 2.14 bits per heavy atom. The minimum Gasteiger partial charge on any atom is -0.481 e. The van der Waals surface area contributed by atoms with Gasteiger partial charge in [0.1, 0.15) is 5.41 Å². The Labute approximate surface area is 123 Å². The van der Waals surface area contributed by atoms with E-state index in [4.69, 9.17) is 10.5 Å². The first-order valence-electron chi connectivity index (χ1n) is 6.84. The number of carboxylic acid groups (broad SMARTS) is 1. The Balaban J connectivity index is 1.96. The maximum absolute atomic E-state index is 12.1. The molecule has 3 atom stereocenters. The predicted molar refractivity (Wildman–Crippen MR) is 76.6 cm³/mol. The maximum atomic E-state index is 12.1. The average Bonchev–Trinajstić information content (AvgIpc) is 2.82. The molecule has 0 aromatic heterocycles. The van der Waals surface area contributed by atoms with Gasteiger partial charge in [0.25, 0.3) is 0 Å². The number of aliphatic carboxylic acids is 1. The molecule has 1 saturated heterocycles. The largest absolute Gasteiger partial charge is 0.481 e. The van der Waals surface area contributed by atoms with Crippen molar-refractivity contribution in [3.63, 3.8) is 0 Å². The van der Waals surface area contributed by atoms with Crippen LogP contribution in [-0.4, -0.2) is 42.3 Å². The number of carbonyl (C=O) groups excluding carboxylic acids is 1. The first-order chi connectivity index (χ1) is 9.93. The second-order valence-electron chi connectivity index (χ2n) is 5.60. The van der Waals surface area contributed by atoms with Gasteiger partial charge in [-0.3, -0.25) is 9.59 Å². The Morgan fingerprint density at radius 1 is 1.48 bits per heavy atom. The molecule has 0 spiro atoms. The monoisotopic (exact) mass is 292 g/mol. The van der Waals surface area contributed by atoms with E-state index in [2.05, 4.69) is 5.32 Å². The molecular weight excluding hydrogens is 272 g/mol. The Kier molecular flexibility index (Phi) is 4.59. The summed E-state index contributed by atoms with van der Waals surface area (Å²) in [4.78, 5) is 23.4. The summed E-state index contributed by atoms with van der Waals surface area (Å²) >= 11 is 0. The van der Waals surface area contributed by atoms with E-state index < -0.39 is 23.5 Å². The molecule has 0 saturated carbocycles. The van der Waals surface area contributed by atoms with Crippen molar-refractivity contribution in [2.75, 3.05) is 13.2 Å². The van der Waals surface area contributed by atoms with E-state index in [0.29, 0.717) is 6.42 Å². The van der Waals surface area contributed by atoms with Crippen LogP contribution in [0.2, 0.25) is 0 Å². The molecule has 3 unspecified atom stereocenters. The van der Waals surface area contributed by atoms with Crippen LogP contribution in [0.4, 0.5) is 0 Å². The third kappa shape index (κ3) is 3.40. The fourth-order valence-corrected chi connectivity index (χ4v) is 2.32. The van der Waals surface area contributed by atoms with Crippen LogP contribution in [-0.2, 0) is 20.7 Å². The van der Waals surface area contributed by atoms with Crippen LogP contribution in [0.5, 0.6) is 0 Å². The molecule has 1 aliphatic rings. The minimum atomic E-state index is -1.11. The summed E-state index contributed by atoms with van der Waals surface area (Å²) in [6.07, 6.45) is 0.407. The SMILES string of the molecule is CC1(C(=O)O)COCC1NC(=O)C(N)Cc1ccccc1. The van der Waals surface area contributed by atoms with Crippen molar-refractivity contribution in [1.29, 1.82) is 0 Å². The van der Waals surface area contributed by atoms with Gasteiger partial charge >= 0.3 is 5.97 Å². The molecule has 0 aliphatic carbocycles. The number of hydrogen-bond acceptors (Lipinski definition) is 4. The zero-order valence-electron chi connectivity index (χ0n) is 11.9. The predicted octanol–water partition coefficient (Wildman–Crippen LogP) is 0.162. The number of carbonyl (C=O) groups is 2. The maximum Gasteiger partial charge on any atom is 0.313 e. The molecule has 21 heavy (non-hydrogen) atoms. The number of nitrogens with one attached hydrogen (secondary N) is 1. The zero-order chi connectivity index (χ0) is 15.5. The van der Waals surface area contributed by atoms with Gasteiger partial charge in [0.15, 0.2) is 0 Å². The second kappa shape index (κ2) is 6.24. The van der Waals surface area contributed by atoms with E-state index in [-0.39, 0.29) is 19.1 Å². The Hall–Kier alpha value is -1.92. The van der Waals surface area contributed by atoms with Crippen LogP contribution in [0.15, 0.2) is 30.3 Å². The van der Waals surface area contributed by atoms with Crippen molar-refractivity contribution in [2.24, 2.45) is 11.1 Å². The molecule has 6 nitrogen and oxygen atoms in total. The zero-order valence-corrected chi connectivity index (χ0v) is 11.9. The first-order valence-corrected chi connectivity index (χ1v) is 6.84. The summed E-state index contributed by atoms with van der Waals surface area (Å²) < 4.78 is 5.20. The van der Waals surface area contributed by atoms with Crippen molar-refractivity contribution in [2.45, 2.75) is 25.4 Å². The van der Waals surface area contributed by atoms with Gasteiger partial charge in [-0.2, -0.15) is 0 Å². The van der Waals surface area contributed by atoms with Gasteiger partial charge in [-0.25, -0.2) is 0 Å². The highest BCUT2D eigenvalue weighted by Crippen LogP contribution is 2.28. The smallest absolute Gasteiger partial charge is 0.313 e. The quantitative estimate of drug-likeness (QED) is 0.717. The van der Waals surface area contributed by atoms with Gasteiger partial charge in [-0.1, -0.05) is 30.3 Å². The molecule has 1 amide bonds. The number of hydrogen-bond donors (Lipinski definition) is 3. The fourth-order valence-electron chi connectivity index (χ4n) is 2.32. The van der Waals surface area contributed by atoms with Crippen LogP contribution in [0, 0.1) is 5.41 Å². The number of carboxylic acids is 1. The highest BCUT2D eigenvalue weighted by molar-refractivity contribution is 5.84. The molecule has 0 radical (unpaired) electrons. The second-order valence-corrected chi connectivity index (χ2v) is 5.60. The van der Waals surface area contributed by atoms with Gasteiger partial charge in [-0.05, 0) is 18.9 Å². The van der Waals surface area contributed by atoms with E-state index in [0.717, 1.165) is 5.56 Å². The van der Waals surface area contributed by atoms with E-state index in [1.54, 1.807) is 6.92 Å². The number of rotatable bonds is 5. The van der Waals surface area contributed by atoms with Gasteiger partial charge in [0.05, 0.1) is 25.3 Å². The van der Waals surface area contributed by atoms with Crippen LogP contribution in [0.1, 0.15) is 12.5 Å². The molecule has 4 N–H and O–H groups in total. The summed E-state index contributed by atoms with van der Waals surface area (Å²) in [7, 11) is 0. The molecule has 114 valence electrons. The van der Waals surface area contributed by atoms with Gasteiger partial charge in [0, 0.05) is 0 Å². The highest BCUT2D eigenvalue weighted by Gasteiger charge is 2.47. The number of nitrogens with two attached hydrogens (primary N) is 1. The van der Waals surface area contributed by atoms with E-state index in [1.807, 2.05) is 30.3 Å². The van der Waals surface area contributed by atoms with Gasteiger partial charge < -0.3 is 20.9 Å². The topological polar surface area (TPSA) is 102 Å². The lowest BCUT2D eigenvalue weighted by Gasteiger charge is -2.26. The van der Waals surface area contributed by atoms with Crippen molar-refractivity contribution in [1.82, 2.24) is 5.32 Å². The van der Waals surface area contributed by atoms with Crippen LogP contribution in [0.25, 0.3) is 0 Å². The van der Waals surface area contributed by atoms with Gasteiger partial charge in [-0.15, -0.1) is 0 Å². The van der Waals surface area contributed by atoms with Crippen LogP contribution >= 0.6 is 0 Å². The standard InChI is InChI=1S/C15H20N2O4/c1-15(14(19)20)9-21-8-12(15)17-13(18)11(16)7-10-5-3-2-4-6-10/h2-6,11-12H,7-9,16H2,1H3,(H,17,18)(H,19,20).